The van der Waals surface area contributed by atoms with E-state index in [1.54, 1.807) is 37.4 Å². The van der Waals surface area contributed by atoms with Crippen molar-refractivity contribution in [3.8, 4) is 5.75 Å². The normalized spacial score (nSPS) is 9.86. The Hall–Kier alpha value is -3.02. The Morgan fingerprint density at radius 3 is 2.64 bits per heavy atom. The summed E-state index contributed by atoms with van der Waals surface area (Å²) >= 11 is 0. The van der Waals surface area contributed by atoms with Gasteiger partial charge in [0, 0.05) is 11.8 Å². The van der Waals surface area contributed by atoms with Gasteiger partial charge in [-0.1, -0.05) is 18.2 Å². The van der Waals surface area contributed by atoms with E-state index in [9.17, 15) is 9.59 Å². The van der Waals surface area contributed by atoms with Gasteiger partial charge in [0.1, 0.15) is 5.75 Å². The standard InChI is InChI=1S/C16H17N3O3/c1-22-12-6-4-5-11(9-12)18-10-15(20)19-14-8-3-2-7-13(14)16(17)21/h2-9,18H,10H2,1H3,(H2,17,21)(H,19,20). The molecule has 114 valence electrons. The summed E-state index contributed by atoms with van der Waals surface area (Å²) in [5, 5.41) is 5.64. The number of anilines is 2. The van der Waals surface area contributed by atoms with E-state index in [1.807, 2.05) is 18.2 Å². The molecule has 0 spiro atoms. The van der Waals surface area contributed by atoms with Crippen LogP contribution in [0.1, 0.15) is 10.4 Å². The minimum absolute atomic E-state index is 0.0558. The van der Waals surface area contributed by atoms with Crippen molar-refractivity contribution < 1.29 is 14.3 Å². The highest BCUT2D eigenvalue weighted by Gasteiger charge is 2.10. The van der Waals surface area contributed by atoms with Gasteiger partial charge in [-0.3, -0.25) is 9.59 Å². The molecule has 0 aliphatic carbocycles. The lowest BCUT2D eigenvalue weighted by molar-refractivity contribution is -0.114. The zero-order chi connectivity index (χ0) is 15.9. The van der Waals surface area contributed by atoms with E-state index in [0.717, 1.165) is 5.69 Å². The van der Waals surface area contributed by atoms with Crippen LogP contribution in [0.2, 0.25) is 0 Å². The van der Waals surface area contributed by atoms with E-state index in [0.29, 0.717) is 11.4 Å². The predicted octanol–water partition coefficient (Wildman–Crippen LogP) is 1.84. The van der Waals surface area contributed by atoms with Crippen LogP contribution < -0.4 is 21.1 Å². The Balaban J connectivity index is 1.97. The van der Waals surface area contributed by atoms with E-state index in [4.69, 9.17) is 10.5 Å². The third-order valence-electron chi connectivity index (χ3n) is 2.99. The van der Waals surface area contributed by atoms with Gasteiger partial charge < -0.3 is 21.1 Å². The lowest BCUT2D eigenvalue weighted by atomic mass is 10.1. The van der Waals surface area contributed by atoms with Gasteiger partial charge in [-0.25, -0.2) is 0 Å². The summed E-state index contributed by atoms with van der Waals surface area (Å²) in [4.78, 5) is 23.3. The molecule has 0 radical (unpaired) electrons. The van der Waals surface area contributed by atoms with Crippen LogP contribution in [0.15, 0.2) is 48.5 Å². The van der Waals surface area contributed by atoms with Crippen LogP contribution >= 0.6 is 0 Å². The van der Waals surface area contributed by atoms with Crippen molar-refractivity contribution in [3.63, 3.8) is 0 Å². The van der Waals surface area contributed by atoms with E-state index in [-0.39, 0.29) is 18.0 Å². The largest absolute Gasteiger partial charge is 0.497 e. The molecule has 4 N–H and O–H groups in total. The summed E-state index contributed by atoms with van der Waals surface area (Å²) < 4.78 is 5.11. The maximum absolute atomic E-state index is 12.0. The van der Waals surface area contributed by atoms with Crippen LogP contribution in [0.3, 0.4) is 0 Å². The molecule has 6 nitrogen and oxygen atoms in total. The molecule has 2 aromatic rings. The van der Waals surface area contributed by atoms with Gasteiger partial charge in [0.25, 0.3) is 5.91 Å². The van der Waals surface area contributed by atoms with Crippen LogP contribution in [-0.2, 0) is 4.79 Å². The van der Waals surface area contributed by atoms with Crippen molar-refractivity contribution in [1.82, 2.24) is 0 Å². The SMILES string of the molecule is COc1cccc(NCC(=O)Nc2ccccc2C(N)=O)c1. The zero-order valence-electron chi connectivity index (χ0n) is 12.1. The molecular weight excluding hydrogens is 282 g/mol. The van der Waals surface area contributed by atoms with Crippen LogP contribution in [0.5, 0.6) is 5.75 Å². The van der Waals surface area contributed by atoms with Crippen molar-refractivity contribution in [2.24, 2.45) is 5.73 Å². The number of amides is 2. The average molecular weight is 299 g/mol. The number of ether oxygens (including phenoxy) is 1. The highest BCUT2D eigenvalue weighted by atomic mass is 16.5. The molecule has 0 aliphatic rings. The van der Waals surface area contributed by atoms with Crippen molar-refractivity contribution in [2.45, 2.75) is 0 Å². The minimum atomic E-state index is -0.586. The molecule has 0 bridgehead atoms. The van der Waals surface area contributed by atoms with E-state index in [1.165, 1.54) is 0 Å². The number of hydrogen-bond donors (Lipinski definition) is 3. The second kappa shape index (κ2) is 7.12. The number of carbonyl (C=O) groups excluding carboxylic acids is 2. The first kappa shape index (κ1) is 15.4. The molecule has 0 unspecified atom stereocenters. The van der Waals surface area contributed by atoms with E-state index >= 15 is 0 Å². The molecule has 2 aromatic carbocycles. The van der Waals surface area contributed by atoms with E-state index in [2.05, 4.69) is 10.6 Å². The van der Waals surface area contributed by atoms with Gasteiger partial charge in [-0.15, -0.1) is 0 Å². The van der Waals surface area contributed by atoms with Crippen molar-refractivity contribution in [2.75, 3.05) is 24.3 Å². The number of nitrogens with one attached hydrogen (secondary N) is 2. The molecule has 0 aromatic heterocycles. The van der Waals surface area contributed by atoms with Crippen molar-refractivity contribution in [3.05, 3.63) is 54.1 Å². The van der Waals surface area contributed by atoms with Gasteiger partial charge in [-0.05, 0) is 24.3 Å². The highest BCUT2D eigenvalue weighted by Crippen LogP contribution is 2.17. The third kappa shape index (κ3) is 3.99. The third-order valence-corrected chi connectivity index (χ3v) is 2.99. The number of rotatable bonds is 6. The molecule has 0 saturated heterocycles. The monoisotopic (exact) mass is 299 g/mol. The number of primary amides is 1. The number of nitrogens with two attached hydrogens (primary N) is 1. The van der Waals surface area contributed by atoms with Gasteiger partial charge in [0.2, 0.25) is 5.91 Å². The summed E-state index contributed by atoms with van der Waals surface area (Å²) in [5.41, 5.74) is 6.70. The average Bonchev–Trinajstić information content (AvgIpc) is 2.53. The smallest absolute Gasteiger partial charge is 0.250 e. The molecule has 6 heteroatoms. The summed E-state index contributed by atoms with van der Waals surface area (Å²) in [6.45, 7) is 0.0558. The molecule has 0 heterocycles. The van der Waals surface area contributed by atoms with Gasteiger partial charge >= 0.3 is 0 Å². The fourth-order valence-corrected chi connectivity index (χ4v) is 1.92. The van der Waals surface area contributed by atoms with Crippen molar-refractivity contribution >= 4 is 23.2 Å². The summed E-state index contributed by atoms with van der Waals surface area (Å²) in [5.74, 6) is -0.169. The summed E-state index contributed by atoms with van der Waals surface area (Å²) in [7, 11) is 1.58. The van der Waals surface area contributed by atoms with Crippen LogP contribution in [0.25, 0.3) is 0 Å². The van der Waals surface area contributed by atoms with Gasteiger partial charge in [-0.2, -0.15) is 0 Å². The van der Waals surface area contributed by atoms with E-state index < -0.39 is 5.91 Å². The van der Waals surface area contributed by atoms with Gasteiger partial charge in [0.05, 0.1) is 24.9 Å². The fraction of sp³-hybridized carbons (Fsp3) is 0.125. The van der Waals surface area contributed by atoms with Crippen molar-refractivity contribution in [1.29, 1.82) is 0 Å². The van der Waals surface area contributed by atoms with Gasteiger partial charge in [0.15, 0.2) is 0 Å². The lowest BCUT2D eigenvalue weighted by Crippen LogP contribution is -2.24. The number of carbonyl (C=O) groups is 2. The quantitative estimate of drug-likeness (QED) is 0.758. The Labute approximate surface area is 128 Å². The Morgan fingerprint density at radius 2 is 1.91 bits per heavy atom. The first-order valence-corrected chi connectivity index (χ1v) is 6.67. The first-order valence-electron chi connectivity index (χ1n) is 6.67. The maximum atomic E-state index is 12.0. The summed E-state index contributed by atoms with van der Waals surface area (Å²) in [6, 6.07) is 13.8. The van der Waals surface area contributed by atoms with Crippen LogP contribution in [0.4, 0.5) is 11.4 Å². The molecule has 0 atom stereocenters. The molecule has 22 heavy (non-hydrogen) atoms. The lowest BCUT2D eigenvalue weighted by Gasteiger charge is -2.10. The van der Waals surface area contributed by atoms with Crippen LogP contribution in [-0.4, -0.2) is 25.5 Å². The Bertz CT molecular complexity index is 686. The molecule has 0 fully saturated rings. The van der Waals surface area contributed by atoms with Crippen LogP contribution in [0, 0.1) is 0 Å². The maximum Gasteiger partial charge on any atom is 0.250 e. The highest BCUT2D eigenvalue weighted by molar-refractivity contribution is 6.03. The second-order valence-corrected chi connectivity index (χ2v) is 4.54. The minimum Gasteiger partial charge on any atom is -0.497 e. The predicted molar refractivity (Wildman–Crippen MR) is 85.1 cm³/mol. The number of methoxy groups -OCH3 is 1. The number of hydrogen-bond acceptors (Lipinski definition) is 4. The molecule has 2 rings (SSSR count). The molecule has 0 aliphatic heterocycles. The second-order valence-electron chi connectivity index (χ2n) is 4.54. The number of para-hydroxylation sites is 1. The topological polar surface area (TPSA) is 93.4 Å². The Morgan fingerprint density at radius 1 is 1.14 bits per heavy atom. The number of benzene rings is 2. The molecular formula is C16H17N3O3. The fourth-order valence-electron chi connectivity index (χ4n) is 1.92. The Kier molecular flexibility index (Phi) is 4.98. The molecule has 2 amide bonds. The first-order chi connectivity index (χ1) is 10.6. The summed E-state index contributed by atoms with van der Waals surface area (Å²) in [6.07, 6.45) is 0. The zero-order valence-corrected chi connectivity index (χ0v) is 12.1. The molecule has 0 saturated carbocycles.